The monoisotopic (exact) mass is 431 g/mol. The summed E-state index contributed by atoms with van der Waals surface area (Å²) in [5.41, 5.74) is 4.90. The number of carbonyl (C=O) groups excluding carboxylic acids is 2. The highest BCUT2D eigenvalue weighted by Gasteiger charge is 2.08. The van der Waals surface area contributed by atoms with E-state index in [2.05, 4.69) is 26.8 Å². The van der Waals surface area contributed by atoms with Crippen LogP contribution in [-0.2, 0) is 9.59 Å². The Morgan fingerprint density at radius 2 is 1.70 bits per heavy atom. The number of nitrogens with zero attached hydrogens (tertiary/aromatic N) is 1. The van der Waals surface area contributed by atoms with Gasteiger partial charge in [0.05, 0.1) is 12.2 Å². The van der Waals surface area contributed by atoms with Gasteiger partial charge in [0, 0.05) is 10.9 Å². The topological polar surface area (TPSA) is 100 Å². The molecule has 0 bridgehead atoms. The molecule has 2 aromatic carbocycles. The fourth-order valence-electron chi connectivity index (χ4n) is 2.02. The zero-order chi connectivity index (χ0) is 19.5. The average molecular weight is 432 g/mol. The lowest BCUT2D eigenvalue weighted by Gasteiger charge is -2.10. The minimum absolute atomic E-state index is 0.203. The summed E-state index contributed by atoms with van der Waals surface area (Å²) >= 11 is 3.34. The third-order valence-corrected chi connectivity index (χ3v) is 3.87. The van der Waals surface area contributed by atoms with Crippen LogP contribution in [0.25, 0.3) is 0 Å². The largest absolute Gasteiger partial charge is 0.494 e. The highest BCUT2D eigenvalue weighted by atomic mass is 79.9. The Labute approximate surface area is 165 Å². The molecule has 0 aliphatic heterocycles. The molecule has 0 fully saturated rings. The fraction of sp³-hybridized carbons (Fsp3) is 0.211. The molecule has 7 nitrogen and oxygen atoms in total. The second-order valence-electron chi connectivity index (χ2n) is 5.40. The summed E-state index contributed by atoms with van der Waals surface area (Å²) in [6.07, 6.45) is 0.707. The number of para-hydroxylation sites is 1. The van der Waals surface area contributed by atoms with Crippen LogP contribution >= 0.6 is 15.9 Å². The number of hydrogen-bond acceptors (Lipinski definition) is 5. The van der Waals surface area contributed by atoms with Crippen LogP contribution in [-0.4, -0.2) is 25.0 Å². The van der Waals surface area contributed by atoms with Gasteiger partial charge in [0.1, 0.15) is 17.6 Å². The Bertz CT molecular complexity index is 818. The van der Waals surface area contributed by atoms with Crippen LogP contribution in [0.5, 0.6) is 11.5 Å². The molecule has 0 atom stereocenters. The van der Waals surface area contributed by atoms with Crippen molar-refractivity contribution >= 4 is 27.7 Å². The van der Waals surface area contributed by atoms with E-state index in [9.17, 15) is 9.59 Å². The van der Waals surface area contributed by atoms with E-state index in [1.165, 1.54) is 0 Å². The number of amides is 2. The van der Waals surface area contributed by atoms with Gasteiger partial charge in [-0.2, -0.15) is 5.26 Å². The van der Waals surface area contributed by atoms with Crippen LogP contribution in [0.1, 0.15) is 18.4 Å². The van der Waals surface area contributed by atoms with E-state index in [1.807, 2.05) is 30.3 Å². The second kappa shape index (κ2) is 10.8. The van der Waals surface area contributed by atoms with Crippen molar-refractivity contribution in [3.63, 3.8) is 0 Å². The zero-order valence-corrected chi connectivity index (χ0v) is 16.0. The predicted molar refractivity (Wildman–Crippen MR) is 102 cm³/mol. The van der Waals surface area contributed by atoms with Gasteiger partial charge in [-0.1, -0.05) is 28.1 Å². The zero-order valence-electron chi connectivity index (χ0n) is 14.4. The van der Waals surface area contributed by atoms with Crippen LogP contribution in [0, 0.1) is 11.3 Å². The summed E-state index contributed by atoms with van der Waals surface area (Å²) in [4.78, 5) is 23.4. The van der Waals surface area contributed by atoms with Crippen molar-refractivity contribution in [2.24, 2.45) is 0 Å². The van der Waals surface area contributed by atoms with Crippen molar-refractivity contribution in [1.29, 1.82) is 5.26 Å². The van der Waals surface area contributed by atoms with Gasteiger partial charge in [0.15, 0.2) is 6.61 Å². The first kappa shape index (κ1) is 20.3. The van der Waals surface area contributed by atoms with Crippen molar-refractivity contribution in [3.8, 4) is 17.6 Å². The van der Waals surface area contributed by atoms with Crippen molar-refractivity contribution in [3.05, 3.63) is 58.6 Å². The fourth-order valence-corrected chi connectivity index (χ4v) is 2.28. The first-order chi connectivity index (χ1) is 13.1. The third kappa shape index (κ3) is 7.38. The van der Waals surface area contributed by atoms with E-state index in [4.69, 9.17) is 14.7 Å². The van der Waals surface area contributed by atoms with E-state index in [0.29, 0.717) is 24.3 Å². The molecule has 0 saturated heterocycles. The van der Waals surface area contributed by atoms with Gasteiger partial charge in [0.2, 0.25) is 5.91 Å². The minimum atomic E-state index is -0.526. The molecule has 0 aromatic heterocycles. The molecule has 0 saturated carbocycles. The predicted octanol–water partition coefficient (Wildman–Crippen LogP) is 2.71. The molecular weight excluding hydrogens is 414 g/mol. The number of nitrogens with one attached hydrogen (secondary N) is 2. The summed E-state index contributed by atoms with van der Waals surface area (Å²) in [6, 6.07) is 16.0. The highest BCUT2D eigenvalue weighted by Crippen LogP contribution is 2.17. The molecule has 0 aliphatic rings. The number of carbonyl (C=O) groups is 2. The summed E-state index contributed by atoms with van der Waals surface area (Å²) in [7, 11) is 0. The number of ether oxygens (including phenoxy) is 2. The highest BCUT2D eigenvalue weighted by molar-refractivity contribution is 9.10. The Kier molecular flexibility index (Phi) is 8.13. The Morgan fingerprint density at radius 1 is 1.00 bits per heavy atom. The van der Waals surface area contributed by atoms with Gasteiger partial charge in [-0.15, -0.1) is 0 Å². The molecule has 0 aliphatic carbocycles. The van der Waals surface area contributed by atoms with E-state index < -0.39 is 5.91 Å². The quantitative estimate of drug-likeness (QED) is 0.494. The SMILES string of the molecule is N#Cc1ccccc1OCC(=O)NNC(=O)CCCOc1ccc(Br)cc1. The number of benzene rings is 2. The molecular formula is C19H18BrN3O4. The van der Waals surface area contributed by atoms with Crippen molar-refractivity contribution in [2.45, 2.75) is 12.8 Å². The van der Waals surface area contributed by atoms with Gasteiger partial charge >= 0.3 is 0 Å². The first-order valence-corrected chi connectivity index (χ1v) is 8.96. The summed E-state index contributed by atoms with van der Waals surface area (Å²) < 4.78 is 11.7. The van der Waals surface area contributed by atoms with E-state index in [-0.39, 0.29) is 18.9 Å². The molecule has 2 amide bonds. The lowest BCUT2D eigenvalue weighted by atomic mass is 10.2. The van der Waals surface area contributed by atoms with Gasteiger partial charge in [-0.25, -0.2) is 0 Å². The number of halogens is 1. The molecule has 0 heterocycles. The number of rotatable bonds is 8. The molecule has 0 spiro atoms. The summed E-state index contributed by atoms with van der Waals surface area (Å²) in [5, 5.41) is 8.95. The summed E-state index contributed by atoms with van der Waals surface area (Å²) in [5.74, 6) is 0.177. The van der Waals surface area contributed by atoms with E-state index in [0.717, 1.165) is 10.2 Å². The Balaban J connectivity index is 1.60. The van der Waals surface area contributed by atoms with E-state index >= 15 is 0 Å². The Hall–Kier alpha value is -3.05. The number of nitriles is 1. The maximum absolute atomic E-state index is 11.7. The number of hydrogen-bond donors (Lipinski definition) is 2. The Morgan fingerprint density at radius 3 is 2.44 bits per heavy atom. The smallest absolute Gasteiger partial charge is 0.276 e. The van der Waals surface area contributed by atoms with Gasteiger partial charge in [-0.05, 0) is 42.8 Å². The molecule has 140 valence electrons. The van der Waals surface area contributed by atoms with Crippen LogP contribution in [0.15, 0.2) is 53.0 Å². The van der Waals surface area contributed by atoms with Crippen molar-refractivity contribution in [2.75, 3.05) is 13.2 Å². The van der Waals surface area contributed by atoms with Gasteiger partial charge in [0.25, 0.3) is 5.91 Å². The molecule has 2 aromatic rings. The van der Waals surface area contributed by atoms with E-state index in [1.54, 1.807) is 24.3 Å². The first-order valence-electron chi connectivity index (χ1n) is 8.16. The second-order valence-corrected chi connectivity index (χ2v) is 6.31. The maximum Gasteiger partial charge on any atom is 0.276 e. The molecule has 27 heavy (non-hydrogen) atoms. The lowest BCUT2D eigenvalue weighted by Crippen LogP contribution is -2.43. The van der Waals surface area contributed by atoms with Crippen molar-refractivity contribution < 1.29 is 19.1 Å². The normalized spacial score (nSPS) is 9.78. The minimum Gasteiger partial charge on any atom is -0.494 e. The standard InChI is InChI=1S/C19H18BrN3O4/c20-15-7-9-16(10-8-15)26-11-3-6-18(24)22-23-19(25)13-27-17-5-2-1-4-14(17)12-21/h1-2,4-5,7-10H,3,6,11,13H2,(H,22,24)(H,23,25). The van der Waals surface area contributed by atoms with Crippen LogP contribution in [0.3, 0.4) is 0 Å². The van der Waals surface area contributed by atoms with Crippen LogP contribution in [0.2, 0.25) is 0 Å². The van der Waals surface area contributed by atoms with Crippen LogP contribution in [0.4, 0.5) is 0 Å². The molecule has 2 N–H and O–H groups in total. The number of hydrazine groups is 1. The van der Waals surface area contributed by atoms with Crippen LogP contribution < -0.4 is 20.3 Å². The average Bonchev–Trinajstić information content (AvgIpc) is 2.69. The maximum atomic E-state index is 11.7. The molecule has 0 radical (unpaired) electrons. The van der Waals surface area contributed by atoms with Crippen molar-refractivity contribution in [1.82, 2.24) is 10.9 Å². The van der Waals surface area contributed by atoms with Gasteiger partial charge < -0.3 is 9.47 Å². The molecule has 8 heteroatoms. The molecule has 0 unspecified atom stereocenters. The van der Waals surface area contributed by atoms with Gasteiger partial charge in [-0.3, -0.25) is 20.4 Å². The lowest BCUT2D eigenvalue weighted by molar-refractivity contribution is -0.130. The summed E-state index contributed by atoms with van der Waals surface area (Å²) in [6.45, 7) is 0.0721. The third-order valence-electron chi connectivity index (χ3n) is 3.34. The molecule has 2 rings (SSSR count).